The SMILES string of the molecule is CCC1(C)CC(Nc2ccc(F)c([N+](=O)[O-])c2)CCO1. The molecule has 5 nitrogen and oxygen atoms in total. The van der Waals surface area contributed by atoms with E-state index in [1.807, 2.05) is 0 Å². The Hall–Kier alpha value is -1.69. The molecule has 1 N–H and O–H groups in total. The Morgan fingerprint density at radius 3 is 3.00 bits per heavy atom. The maximum Gasteiger partial charge on any atom is 0.306 e. The molecule has 1 aliphatic rings. The molecule has 1 aromatic rings. The Morgan fingerprint density at radius 2 is 2.35 bits per heavy atom. The highest BCUT2D eigenvalue weighted by Crippen LogP contribution is 2.30. The molecular weight excluding hydrogens is 263 g/mol. The lowest BCUT2D eigenvalue weighted by molar-refractivity contribution is -0.387. The van der Waals surface area contributed by atoms with Gasteiger partial charge in [-0.2, -0.15) is 4.39 Å². The zero-order chi connectivity index (χ0) is 14.8. The minimum atomic E-state index is -0.814. The van der Waals surface area contributed by atoms with Crippen LogP contribution in [0.3, 0.4) is 0 Å². The first-order valence-electron chi connectivity index (χ1n) is 6.78. The highest BCUT2D eigenvalue weighted by molar-refractivity contribution is 5.52. The molecule has 2 unspecified atom stereocenters. The van der Waals surface area contributed by atoms with Crippen LogP contribution in [0, 0.1) is 15.9 Å². The Morgan fingerprint density at radius 1 is 1.60 bits per heavy atom. The second-order valence-electron chi connectivity index (χ2n) is 5.41. The molecule has 2 atom stereocenters. The third kappa shape index (κ3) is 3.25. The molecular formula is C14H19FN2O3. The van der Waals surface area contributed by atoms with E-state index in [2.05, 4.69) is 19.2 Å². The largest absolute Gasteiger partial charge is 0.382 e. The van der Waals surface area contributed by atoms with E-state index >= 15 is 0 Å². The highest BCUT2D eigenvalue weighted by atomic mass is 19.1. The summed E-state index contributed by atoms with van der Waals surface area (Å²) in [5.74, 6) is -0.814. The number of halogens is 1. The molecule has 0 radical (unpaired) electrons. The molecule has 1 aliphatic heterocycles. The van der Waals surface area contributed by atoms with Crippen molar-refractivity contribution in [2.45, 2.75) is 44.8 Å². The van der Waals surface area contributed by atoms with E-state index in [1.165, 1.54) is 12.1 Å². The Labute approximate surface area is 117 Å². The lowest BCUT2D eigenvalue weighted by Gasteiger charge is -2.38. The molecule has 0 spiro atoms. The number of hydrogen-bond donors (Lipinski definition) is 1. The number of nitro benzene ring substituents is 1. The molecule has 0 aromatic heterocycles. The van der Waals surface area contributed by atoms with Crippen LogP contribution in [-0.2, 0) is 4.74 Å². The van der Waals surface area contributed by atoms with Gasteiger partial charge in [-0.25, -0.2) is 0 Å². The van der Waals surface area contributed by atoms with Gasteiger partial charge in [0.2, 0.25) is 5.82 Å². The summed E-state index contributed by atoms with van der Waals surface area (Å²) >= 11 is 0. The summed E-state index contributed by atoms with van der Waals surface area (Å²) in [7, 11) is 0. The van der Waals surface area contributed by atoms with E-state index in [4.69, 9.17) is 4.74 Å². The predicted octanol–water partition coefficient (Wildman–Crippen LogP) is 3.49. The number of nitro groups is 1. The highest BCUT2D eigenvalue weighted by Gasteiger charge is 2.31. The number of hydrogen-bond acceptors (Lipinski definition) is 4. The third-order valence-corrected chi connectivity index (χ3v) is 3.86. The molecule has 20 heavy (non-hydrogen) atoms. The summed E-state index contributed by atoms with van der Waals surface area (Å²) < 4.78 is 19.0. The monoisotopic (exact) mass is 282 g/mol. The van der Waals surface area contributed by atoms with E-state index in [0.29, 0.717) is 12.3 Å². The fourth-order valence-corrected chi connectivity index (χ4v) is 2.48. The molecule has 0 saturated carbocycles. The van der Waals surface area contributed by atoms with Crippen LogP contribution in [-0.4, -0.2) is 23.2 Å². The molecule has 0 bridgehead atoms. The number of anilines is 1. The van der Waals surface area contributed by atoms with Gasteiger partial charge in [0.1, 0.15) is 0 Å². The molecule has 0 amide bonds. The minimum absolute atomic E-state index is 0.165. The van der Waals surface area contributed by atoms with Crippen molar-refractivity contribution in [2.75, 3.05) is 11.9 Å². The van der Waals surface area contributed by atoms with Crippen LogP contribution in [0.15, 0.2) is 18.2 Å². The van der Waals surface area contributed by atoms with Gasteiger partial charge in [-0.15, -0.1) is 0 Å². The summed E-state index contributed by atoms with van der Waals surface area (Å²) in [5, 5.41) is 14.0. The van der Waals surface area contributed by atoms with Gasteiger partial charge >= 0.3 is 5.69 Å². The molecule has 1 saturated heterocycles. The van der Waals surface area contributed by atoms with Crippen molar-refractivity contribution in [1.82, 2.24) is 0 Å². The van der Waals surface area contributed by atoms with E-state index < -0.39 is 16.4 Å². The molecule has 1 fully saturated rings. The molecule has 6 heteroatoms. The second kappa shape index (κ2) is 5.75. The van der Waals surface area contributed by atoms with E-state index in [1.54, 1.807) is 0 Å². The van der Waals surface area contributed by atoms with Crippen LogP contribution in [0.25, 0.3) is 0 Å². The van der Waals surface area contributed by atoms with Crippen molar-refractivity contribution in [2.24, 2.45) is 0 Å². The number of nitrogens with zero attached hydrogens (tertiary/aromatic N) is 1. The Kier molecular flexibility index (Phi) is 4.23. The number of nitrogens with one attached hydrogen (secondary N) is 1. The topological polar surface area (TPSA) is 64.4 Å². The van der Waals surface area contributed by atoms with E-state index in [9.17, 15) is 14.5 Å². The maximum atomic E-state index is 13.3. The molecule has 1 aromatic carbocycles. The van der Waals surface area contributed by atoms with Crippen LogP contribution >= 0.6 is 0 Å². The number of rotatable bonds is 4. The Bertz CT molecular complexity index is 509. The first kappa shape index (κ1) is 14.7. The zero-order valence-corrected chi connectivity index (χ0v) is 11.7. The van der Waals surface area contributed by atoms with Gasteiger partial charge in [0.15, 0.2) is 0 Å². The zero-order valence-electron chi connectivity index (χ0n) is 11.7. The second-order valence-corrected chi connectivity index (χ2v) is 5.41. The summed E-state index contributed by atoms with van der Waals surface area (Å²) in [5.41, 5.74) is -0.0919. The minimum Gasteiger partial charge on any atom is -0.382 e. The van der Waals surface area contributed by atoms with Crippen LogP contribution < -0.4 is 5.32 Å². The van der Waals surface area contributed by atoms with Gasteiger partial charge in [0, 0.05) is 24.4 Å². The van der Waals surface area contributed by atoms with Crippen molar-refractivity contribution < 1.29 is 14.1 Å². The number of benzene rings is 1. The van der Waals surface area contributed by atoms with Gasteiger partial charge in [-0.1, -0.05) is 6.92 Å². The fraction of sp³-hybridized carbons (Fsp3) is 0.571. The Balaban J connectivity index is 2.10. The van der Waals surface area contributed by atoms with E-state index in [-0.39, 0.29) is 11.6 Å². The first-order chi connectivity index (χ1) is 9.43. The van der Waals surface area contributed by atoms with Gasteiger partial charge in [0.05, 0.1) is 10.5 Å². The van der Waals surface area contributed by atoms with Crippen molar-refractivity contribution >= 4 is 11.4 Å². The van der Waals surface area contributed by atoms with Crippen molar-refractivity contribution in [1.29, 1.82) is 0 Å². The predicted molar refractivity (Wildman–Crippen MR) is 74.3 cm³/mol. The molecule has 2 rings (SSSR count). The fourth-order valence-electron chi connectivity index (χ4n) is 2.48. The molecule has 110 valence electrons. The lowest BCUT2D eigenvalue weighted by Crippen LogP contribution is -2.41. The lowest BCUT2D eigenvalue weighted by atomic mass is 9.90. The standard InChI is InChI=1S/C14H19FN2O3/c1-3-14(2)9-11(6-7-20-14)16-10-4-5-12(15)13(8-10)17(18)19/h4-5,8,11,16H,3,6-7,9H2,1-2H3. The van der Waals surface area contributed by atoms with Gasteiger partial charge < -0.3 is 10.1 Å². The first-order valence-corrected chi connectivity index (χ1v) is 6.78. The van der Waals surface area contributed by atoms with Crippen LogP contribution in [0.1, 0.15) is 33.1 Å². The summed E-state index contributed by atoms with van der Waals surface area (Å²) in [6.45, 7) is 4.80. The van der Waals surface area contributed by atoms with Crippen molar-refractivity contribution in [3.05, 3.63) is 34.1 Å². The average Bonchev–Trinajstić information content (AvgIpc) is 2.41. The smallest absolute Gasteiger partial charge is 0.306 e. The molecule has 0 aliphatic carbocycles. The van der Waals surface area contributed by atoms with Crippen LogP contribution in [0.5, 0.6) is 0 Å². The van der Waals surface area contributed by atoms with Gasteiger partial charge in [-0.3, -0.25) is 10.1 Å². The van der Waals surface area contributed by atoms with Crippen molar-refractivity contribution in [3.8, 4) is 0 Å². The summed E-state index contributed by atoms with van der Waals surface area (Å²) in [6, 6.07) is 4.08. The van der Waals surface area contributed by atoms with Crippen LogP contribution in [0.2, 0.25) is 0 Å². The van der Waals surface area contributed by atoms with Crippen molar-refractivity contribution in [3.63, 3.8) is 0 Å². The average molecular weight is 282 g/mol. The normalized spacial score (nSPS) is 26.2. The third-order valence-electron chi connectivity index (χ3n) is 3.86. The number of ether oxygens (including phenoxy) is 1. The van der Waals surface area contributed by atoms with E-state index in [0.717, 1.165) is 25.3 Å². The van der Waals surface area contributed by atoms with Gasteiger partial charge in [0.25, 0.3) is 0 Å². The maximum absolute atomic E-state index is 13.3. The molecule has 1 heterocycles. The van der Waals surface area contributed by atoms with Gasteiger partial charge in [-0.05, 0) is 38.3 Å². The summed E-state index contributed by atoms with van der Waals surface area (Å²) in [4.78, 5) is 10.0. The van der Waals surface area contributed by atoms with Crippen LogP contribution in [0.4, 0.5) is 15.8 Å². The quantitative estimate of drug-likeness (QED) is 0.678. The summed E-state index contributed by atoms with van der Waals surface area (Å²) in [6.07, 6.45) is 2.57.